The van der Waals surface area contributed by atoms with Crippen molar-refractivity contribution in [2.24, 2.45) is 5.84 Å². The Morgan fingerprint density at radius 3 is 2.53 bits per heavy atom. The second-order valence-electron chi connectivity index (χ2n) is 3.78. The van der Waals surface area contributed by atoms with Gasteiger partial charge in [0.1, 0.15) is 5.69 Å². The van der Waals surface area contributed by atoms with Gasteiger partial charge in [-0.2, -0.15) is 13.2 Å². The topological polar surface area (TPSA) is 88.0 Å². The fourth-order valence-corrected chi connectivity index (χ4v) is 1.62. The third-order valence-corrected chi connectivity index (χ3v) is 2.53. The molecule has 19 heavy (non-hydrogen) atoms. The van der Waals surface area contributed by atoms with Crippen LogP contribution >= 0.6 is 0 Å². The average molecular weight is 271 g/mol. The number of aromatic amines is 1. The van der Waals surface area contributed by atoms with E-state index >= 15 is 0 Å². The molecule has 0 spiro atoms. The third-order valence-electron chi connectivity index (χ3n) is 2.53. The maximum Gasteiger partial charge on any atom is 0.416 e. The van der Waals surface area contributed by atoms with Crippen LogP contribution < -0.4 is 16.7 Å². The molecule has 2 rings (SSSR count). The highest BCUT2D eigenvalue weighted by molar-refractivity contribution is 5.94. The number of hydrogen-bond donors (Lipinski definition) is 3. The first-order valence-electron chi connectivity index (χ1n) is 5.08. The van der Waals surface area contributed by atoms with Crippen LogP contribution in [-0.4, -0.2) is 10.9 Å². The monoisotopic (exact) mass is 271 g/mol. The molecule has 0 aliphatic rings. The van der Waals surface area contributed by atoms with Gasteiger partial charge in [-0.05, 0) is 18.2 Å². The number of rotatable bonds is 1. The molecule has 0 bridgehead atoms. The Kier molecular flexibility index (Phi) is 3.03. The van der Waals surface area contributed by atoms with Gasteiger partial charge in [0, 0.05) is 17.0 Å². The molecule has 1 amide bonds. The van der Waals surface area contributed by atoms with E-state index in [0.29, 0.717) is 0 Å². The summed E-state index contributed by atoms with van der Waals surface area (Å²) in [4.78, 5) is 25.5. The minimum atomic E-state index is -4.53. The summed E-state index contributed by atoms with van der Waals surface area (Å²) in [5.74, 6) is 4.17. The standard InChI is InChI=1S/C11H8F3N3O2/c12-11(13,14)5-1-2-7-6(3-5)9(18)4-8(16-7)10(19)17-15/h1-4H,15H2,(H,16,18)(H,17,19). The van der Waals surface area contributed by atoms with Gasteiger partial charge in [-0.3, -0.25) is 15.0 Å². The molecule has 0 aliphatic carbocycles. The number of carbonyl (C=O) groups excluding carboxylic acids is 1. The Labute approximate surface area is 104 Å². The zero-order valence-corrected chi connectivity index (χ0v) is 9.34. The maximum absolute atomic E-state index is 12.5. The Hall–Kier alpha value is -2.35. The summed E-state index contributed by atoms with van der Waals surface area (Å²) in [7, 11) is 0. The first kappa shape index (κ1) is 13.1. The molecular formula is C11H8F3N3O2. The predicted molar refractivity (Wildman–Crippen MR) is 61.2 cm³/mol. The average Bonchev–Trinajstić information content (AvgIpc) is 2.36. The van der Waals surface area contributed by atoms with Gasteiger partial charge in [0.05, 0.1) is 5.56 Å². The number of pyridine rings is 1. The molecule has 5 nitrogen and oxygen atoms in total. The van der Waals surface area contributed by atoms with Crippen LogP contribution in [0.25, 0.3) is 10.9 Å². The van der Waals surface area contributed by atoms with Crippen molar-refractivity contribution in [3.63, 3.8) is 0 Å². The van der Waals surface area contributed by atoms with Gasteiger partial charge in [0.25, 0.3) is 5.91 Å². The van der Waals surface area contributed by atoms with Crippen LogP contribution in [0.5, 0.6) is 0 Å². The fourth-order valence-electron chi connectivity index (χ4n) is 1.62. The first-order valence-corrected chi connectivity index (χ1v) is 5.08. The van der Waals surface area contributed by atoms with Crippen LogP contribution in [0.2, 0.25) is 0 Å². The summed E-state index contributed by atoms with van der Waals surface area (Å²) >= 11 is 0. The minimum absolute atomic E-state index is 0.124. The van der Waals surface area contributed by atoms with E-state index in [-0.39, 0.29) is 16.6 Å². The minimum Gasteiger partial charge on any atom is -0.350 e. The molecule has 1 aromatic heterocycles. The molecule has 0 radical (unpaired) electrons. The van der Waals surface area contributed by atoms with Crippen LogP contribution in [-0.2, 0) is 6.18 Å². The highest BCUT2D eigenvalue weighted by atomic mass is 19.4. The van der Waals surface area contributed by atoms with Crippen LogP contribution in [0.15, 0.2) is 29.1 Å². The summed E-state index contributed by atoms with van der Waals surface area (Å²) in [5.41, 5.74) is 0.194. The summed E-state index contributed by atoms with van der Waals surface area (Å²) in [6, 6.07) is 3.54. The molecule has 0 saturated heterocycles. The zero-order valence-electron chi connectivity index (χ0n) is 9.34. The summed E-state index contributed by atoms with van der Waals surface area (Å²) in [5, 5.41) is -0.150. The largest absolute Gasteiger partial charge is 0.416 e. The number of hydrazine groups is 1. The number of carbonyl (C=O) groups is 1. The molecule has 100 valence electrons. The van der Waals surface area contributed by atoms with Gasteiger partial charge >= 0.3 is 6.18 Å². The maximum atomic E-state index is 12.5. The van der Waals surface area contributed by atoms with E-state index in [1.54, 1.807) is 0 Å². The third kappa shape index (κ3) is 2.43. The van der Waals surface area contributed by atoms with Crippen molar-refractivity contribution in [2.45, 2.75) is 6.18 Å². The number of hydrogen-bond acceptors (Lipinski definition) is 3. The number of H-pyrrole nitrogens is 1. The number of nitrogens with one attached hydrogen (secondary N) is 2. The van der Waals surface area contributed by atoms with Gasteiger partial charge in [-0.1, -0.05) is 0 Å². The molecule has 0 fully saturated rings. The summed E-state index contributed by atoms with van der Waals surface area (Å²) in [6.07, 6.45) is -4.53. The van der Waals surface area contributed by atoms with E-state index < -0.39 is 23.1 Å². The van der Waals surface area contributed by atoms with E-state index in [1.807, 2.05) is 5.43 Å². The number of aromatic nitrogens is 1. The molecule has 0 atom stereocenters. The van der Waals surface area contributed by atoms with Crippen LogP contribution in [0, 0.1) is 0 Å². The summed E-state index contributed by atoms with van der Waals surface area (Å²) < 4.78 is 37.6. The van der Waals surface area contributed by atoms with Crippen molar-refractivity contribution in [1.29, 1.82) is 0 Å². The lowest BCUT2D eigenvalue weighted by atomic mass is 10.1. The molecule has 0 unspecified atom stereocenters. The first-order chi connectivity index (χ1) is 8.82. The Morgan fingerprint density at radius 1 is 1.26 bits per heavy atom. The van der Waals surface area contributed by atoms with Crippen molar-refractivity contribution in [3.05, 3.63) is 45.7 Å². The van der Waals surface area contributed by atoms with E-state index in [9.17, 15) is 22.8 Å². The predicted octanol–water partition coefficient (Wildman–Crippen LogP) is 1.15. The number of nitrogen functional groups attached to an aromatic ring is 1. The van der Waals surface area contributed by atoms with Gasteiger partial charge < -0.3 is 4.98 Å². The Balaban J connectivity index is 2.67. The van der Waals surface area contributed by atoms with E-state index in [4.69, 9.17) is 5.84 Å². The van der Waals surface area contributed by atoms with Crippen LogP contribution in [0.3, 0.4) is 0 Å². The lowest BCUT2D eigenvalue weighted by Crippen LogP contribution is -2.31. The quantitative estimate of drug-likeness (QED) is 0.413. The lowest BCUT2D eigenvalue weighted by molar-refractivity contribution is -0.137. The van der Waals surface area contributed by atoms with Crippen molar-refractivity contribution in [1.82, 2.24) is 10.4 Å². The number of alkyl halides is 3. The molecule has 1 aromatic carbocycles. The van der Waals surface area contributed by atoms with E-state index in [0.717, 1.165) is 24.3 Å². The highest BCUT2D eigenvalue weighted by Crippen LogP contribution is 2.30. The number of fused-ring (bicyclic) bond motifs is 1. The molecule has 1 heterocycles. The van der Waals surface area contributed by atoms with E-state index in [2.05, 4.69) is 4.98 Å². The lowest BCUT2D eigenvalue weighted by Gasteiger charge is -2.08. The van der Waals surface area contributed by atoms with Crippen molar-refractivity contribution in [3.8, 4) is 0 Å². The highest BCUT2D eigenvalue weighted by Gasteiger charge is 2.30. The van der Waals surface area contributed by atoms with Crippen LogP contribution in [0.4, 0.5) is 13.2 Å². The number of benzene rings is 1. The molecular weight excluding hydrogens is 263 g/mol. The number of amides is 1. The Bertz CT molecular complexity index is 706. The Morgan fingerprint density at radius 2 is 1.95 bits per heavy atom. The molecule has 2 aromatic rings. The van der Waals surface area contributed by atoms with Gasteiger partial charge in [-0.25, -0.2) is 5.84 Å². The second-order valence-corrected chi connectivity index (χ2v) is 3.78. The number of halogens is 3. The fraction of sp³-hybridized carbons (Fsp3) is 0.0909. The number of nitrogens with two attached hydrogens (primary N) is 1. The van der Waals surface area contributed by atoms with Gasteiger partial charge in [0.15, 0.2) is 5.43 Å². The second kappa shape index (κ2) is 4.39. The van der Waals surface area contributed by atoms with Crippen LogP contribution in [0.1, 0.15) is 16.1 Å². The molecule has 0 aliphatic heterocycles. The van der Waals surface area contributed by atoms with Gasteiger partial charge in [0.2, 0.25) is 0 Å². The molecule has 0 saturated carbocycles. The SMILES string of the molecule is NNC(=O)c1cc(=O)c2cc(C(F)(F)F)ccc2[nH]1. The summed E-state index contributed by atoms with van der Waals surface area (Å²) in [6.45, 7) is 0. The normalized spacial score (nSPS) is 11.6. The smallest absolute Gasteiger partial charge is 0.350 e. The van der Waals surface area contributed by atoms with Crippen molar-refractivity contribution in [2.75, 3.05) is 0 Å². The van der Waals surface area contributed by atoms with Crippen molar-refractivity contribution < 1.29 is 18.0 Å². The van der Waals surface area contributed by atoms with Gasteiger partial charge in [-0.15, -0.1) is 0 Å². The van der Waals surface area contributed by atoms with E-state index in [1.165, 1.54) is 0 Å². The molecule has 8 heteroatoms. The van der Waals surface area contributed by atoms with Crippen molar-refractivity contribution >= 4 is 16.8 Å². The zero-order chi connectivity index (χ0) is 14.2. The molecule has 4 N–H and O–H groups in total.